The first-order valence-electron chi connectivity index (χ1n) is 12.9. The van der Waals surface area contributed by atoms with E-state index >= 15 is 0 Å². The molecule has 1 fully saturated rings. The number of pyridine rings is 1. The van der Waals surface area contributed by atoms with Gasteiger partial charge in [-0.05, 0) is 54.2 Å². The number of benzene rings is 2. The Hall–Kier alpha value is -3.39. The molecule has 2 aromatic carbocycles. The van der Waals surface area contributed by atoms with E-state index in [-0.39, 0.29) is 38.6 Å². The van der Waals surface area contributed by atoms with Crippen molar-refractivity contribution in [2.75, 3.05) is 27.4 Å². The Morgan fingerprint density at radius 1 is 1.00 bits per heavy atom. The minimum Gasteiger partial charge on any atom is -0.493 e. The van der Waals surface area contributed by atoms with Crippen LogP contribution in [0.15, 0.2) is 53.7 Å². The first-order valence-corrected chi connectivity index (χ1v) is 15.1. The number of rotatable bonds is 15. The topological polar surface area (TPSA) is 122 Å². The Labute approximate surface area is 257 Å². The number of sulfonamides is 1. The lowest BCUT2D eigenvalue weighted by Gasteiger charge is -2.21. The van der Waals surface area contributed by atoms with Gasteiger partial charge in [0, 0.05) is 24.9 Å². The molecular formula is C28H28Cl2F2N2O8S. The van der Waals surface area contributed by atoms with E-state index in [1.165, 1.54) is 63.0 Å². The maximum atomic E-state index is 13.1. The summed E-state index contributed by atoms with van der Waals surface area (Å²) in [6.45, 7) is -3.52. The van der Waals surface area contributed by atoms with Gasteiger partial charge in [-0.15, -0.1) is 0 Å². The van der Waals surface area contributed by atoms with Gasteiger partial charge in [-0.1, -0.05) is 29.3 Å². The maximum absolute atomic E-state index is 13.1. The van der Waals surface area contributed by atoms with Crippen molar-refractivity contribution in [1.82, 2.24) is 9.71 Å². The summed E-state index contributed by atoms with van der Waals surface area (Å²) in [6.07, 6.45) is 3.52. The van der Waals surface area contributed by atoms with Crippen LogP contribution in [0.3, 0.4) is 0 Å². The molecule has 1 aromatic heterocycles. The van der Waals surface area contributed by atoms with Crippen molar-refractivity contribution in [2.24, 2.45) is 5.92 Å². The van der Waals surface area contributed by atoms with E-state index in [0.717, 1.165) is 12.8 Å². The van der Waals surface area contributed by atoms with Crippen LogP contribution < -0.4 is 23.7 Å². The molecule has 0 amide bonds. The summed E-state index contributed by atoms with van der Waals surface area (Å²) >= 11 is 12.6. The number of esters is 1. The van der Waals surface area contributed by atoms with Gasteiger partial charge in [-0.2, -0.15) is 13.5 Å². The number of carbonyl (C=O) groups excluding carboxylic acids is 1. The second-order valence-electron chi connectivity index (χ2n) is 9.44. The van der Waals surface area contributed by atoms with Crippen LogP contribution in [0.1, 0.15) is 30.1 Å². The second kappa shape index (κ2) is 14.4. The van der Waals surface area contributed by atoms with Crippen molar-refractivity contribution in [3.8, 4) is 23.0 Å². The summed E-state index contributed by atoms with van der Waals surface area (Å²) in [7, 11) is -1.40. The fraction of sp³-hybridized carbons (Fsp3) is 0.357. The number of hydrogen-bond acceptors (Lipinski definition) is 9. The lowest BCUT2D eigenvalue weighted by Crippen LogP contribution is -2.31. The number of methoxy groups -OCH3 is 2. The van der Waals surface area contributed by atoms with Crippen LogP contribution in [0.25, 0.3) is 0 Å². The number of halogens is 4. The standard InChI is InChI=1S/C28H28Cl2F2N2O8S/c1-38-22-8-6-18(10-25(22)39-2)43(36,37)34-14-27(35)41-24(11-19-20(29)12-33-13-21(19)30)17-5-7-23(42-28(31)32)26(9-17)40-15-16-3-4-16/h5-10,12-13,16,24,28,34H,3-4,11,14-15H2,1-2H3/t24-/m0/s1. The minimum absolute atomic E-state index is 0.0341. The molecule has 1 aliphatic carbocycles. The molecule has 4 rings (SSSR count). The zero-order chi connectivity index (χ0) is 31.1. The Bertz CT molecular complexity index is 1540. The third-order valence-electron chi connectivity index (χ3n) is 6.41. The van der Waals surface area contributed by atoms with Crippen molar-refractivity contribution in [2.45, 2.75) is 36.9 Å². The first kappa shape index (κ1) is 32.5. The van der Waals surface area contributed by atoms with Gasteiger partial charge < -0.3 is 23.7 Å². The van der Waals surface area contributed by atoms with E-state index < -0.39 is 35.3 Å². The van der Waals surface area contributed by atoms with Crippen LogP contribution in [-0.2, 0) is 26.0 Å². The lowest BCUT2D eigenvalue weighted by atomic mass is 10.0. The number of carbonyl (C=O) groups is 1. The monoisotopic (exact) mass is 660 g/mol. The molecule has 15 heteroatoms. The molecule has 0 unspecified atom stereocenters. The molecule has 0 bridgehead atoms. The number of ether oxygens (including phenoxy) is 5. The molecule has 1 N–H and O–H groups in total. The third-order valence-corrected chi connectivity index (χ3v) is 8.46. The fourth-order valence-corrected chi connectivity index (χ4v) is 5.49. The van der Waals surface area contributed by atoms with Crippen LogP contribution in [0.2, 0.25) is 10.0 Å². The van der Waals surface area contributed by atoms with Gasteiger partial charge in [0.25, 0.3) is 0 Å². The second-order valence-corrected chi connectivity index (χ2v) is 12.0. The van der Waals surface area contributed by atoms with Gasteiger partial charge in [-0.25, -0.2) is 8.42 Å². The minimum atomic E-state index is -4.16. The van der Waals surface area contributed by atoms with Crippen molar-refractivity contribution < 1.29 is 45.7 Å². The number of nitrogens with one attached hydrogen (secondary N) is 1. The maximum Gasteiger partial charge on any atom is 0.387 e. The average Bonchev–Trinajstić information content (AvgIpc) is 3.81. The molecule has 10 nitrogen and oxygen atoms in total. The lowest BCUT2D eigenvalue weighted by molar-refractivity contribution is -0.148. The van der Waals surface area contributed by atoms with Gasteiger partial charge in [0.2, 0.25) is 10.0 Å². The largest absolute Gasteiger partial charge is 0.493 e. The quantitative estimate of drug-likeness (QED) is 0.208. The van der Waals surface area contributed by atoms with Gasteiger partial charge in [0.1, 0.15) is 12.6 Å². The Morgan fingerprint density at radius 2 is 1.67 bits per heavy atom. The highest BCUT2D eigenvalue weighted by Crippen LogP contribution is 2.38. The number of alkyl halides is 2. The zero-order valence-electron chi connectivity index (χ0n) is 23.0. The summed E-state index contributed by atoms with van der Waals surface area (Å²) in [5.74, 6) is -0.284. The van der Waals surface area contributed by atoms with E-state index in [9.17, 15) is 22.0 Å². The molecule has 0 saturated heterocycles. The van der Waals surface area contributed by atoms with Crippen LogP contribution in [0.5, 0.6) is 23.0 Å². The molecular weight excluding hydrogens is 633 g/mol. The molecule has 0 spiro atoms. The van der Waals surface area contributed by atoms with E-state index in [4.69, 9.17) is 42.1 Å². The molecule has 1 heterocycles. The average molecular weight is 662 g/mol. The van der Waals surface area contributed by atoms with E-state index in [2.05, 4.69) is 14.4 Å². The van der Waals surface area contributed by atoms with Crippen LogP contribution in [-0.4, -0.2) is 53.4 Å². The van der Waals surface area contributed by atoms with E-state index in [1.54, 1.807) is 0 Å². The molecule has 0 radical (unpaired) electrons. The third kappa shape index (κ3) is 8.82. The number of aromatic nitrogens is 1. The highest BCUT2D eigenvalue weighted by Gasteiger charge is 2.26. The smallest absolute Gasteiger partial charge is 0.387 e. The summed E-state index contributed by atoms with van der Waals surface area (Å²) in [6, 6.07) is 8.08. The fourth-order valence-electron chi connectivity index (χ4n) is 3.99. The first-order chi connectivity index (χ1) is 20.5. The predicted octanol–water partition coefficient (Wildman–Crippen LogP) is 5.60. The van der Waals surface area contributed by atoms with Crippen molar-refractivity contribution >= 4 is 39.2 Å². The number of nitrogens with zero attached hydrogens (tertiary/aromatic N) is 1. The Morgan fingerprint density at radius 3 is 2.30 bits per heavy atom. The van der Waals surface area contributed by atoms with Crippen LogP contribution in [0.4, 0.5) is 8.78 Å². The van der Waals surface area contributed by atoms with Gasteiger partial charge in [0.05, 0.1) is 35.8 Å². The summed E-state index contributed by atoms with van der Waals surface area (Å²) in [4.78, 5) is 16.7. The summed E-state index contributed by atoms with van der Waals surface area (Å²) in [5, 5.41) is 0.399. The summed E-state index contributed by atoms with van der Waals surface area (Å²) < 4.78 is 80.4. The molecule has 232 valence electrons. The number of hydrogen-bond donors (Lipinski definition) is 1. The SMILES string of the molecule is COc1ccc(S(=O)(=O)NCC(=O)O[C@@H](Cc2c(Cl)cncc2Cl)c2ccc(OC(F)F)c(OCC3CC3)c2)cc1OC. The molecule has 3 aromatic rings. The van der Waals surface area contributed by atoms with Crippen molar-refractivity contribution in [3.63, 3.8) is 0 Å². The highest BCUT2D eigenvalue weighted by molar-refractivity contribution is 7.89. The molecule has 1 saturated carbocycles. The van der Waals surface area contributed by atoms with E-state index in [0.29, 0.717) is 29.4 Å². The zero-order valence-corrected chi connectivity index (χ0v) is 25.3. The van der Waals surface area contributed by atoms with Gasteiger partial charge >= 0.3 is 12.6 Å². The molecule has 0 aliphatic heterocycles. The molecule has 1 atom stereocenters. The summed E-state index contributed by atoms with van der Waals surface area (Å²) in [5.41, 5.74) is 0.739. The van der Waals surface area contributed by atoms with Crippen molar-refractivity contribution in [3.05, 3.63) is 70.0 Å². The Kier molecular flexibility index (Phi) is 10.9. The van der Waals surface area contributed by atoms with Crippen molar-refractivity contribution in [1.29, 1.82) is 0 Å². The van der Waals surface area contributed by atoms with Crippen LogP contribution in [0, 0.1) is 5.92 Å². The van der Waals surface area contributed by atoms with E-state index in [1.807, 2.05) is 0 Å². The molecule has 43 heavy (non-hydrogen) atoms. The highest BCUT2D eigenvalue weighted by atomic mass is 35.5. The molecule has 1 aliphatic rings. The van der Waals surface area contributed by atoms with Gasteiger partial charge in [-0.3, -0.25) is 9.78 Å². The Balaban J connectivity index is 1.57. The van der Waals surface area contributed by atoms with Crippen LogP contribution >= 0.6 is 23.2 Å². The normalized spacial score (nSPS) is 13.8. The van der Waals surface area contributed by atoms with Gasteiger partial charge in [0.15, 0.2) is 23.0 Å². The predicted molar refractivity (Wildman–Crippen MR) is 153 cm³/mol.